The lowest BCUT2D eigenvalue weighted by Crippen LogP contribution is -2.77. The van der Waals surface area contributed by atoms with Crippen LogP contribution < -0.4 is 0 Å². The lowest BCUT2D eigenvalue weighted by Gasteiger charge is -2.59. The summed E-state index contributed by atoms with van der Waals surface area (Å²) < 4.78 is 34.0. The molecule has 6 heteroatoms. The zero-order valence-corrected chi connectivity index (χ0v) is 8.94. The molecular weight excluding hydrogens is 228 g/mol. The largest absolute Gasteiger partial charge is 0.449 e. The van der Waals surface area contributed by atoms with Crippen molar-refractivity contribution in [1.82, 2.24) is 0 Å². The second kappa shape index (κ2) is 1.81. The molecular formula is C11H8O6. The molecule has 8 heterocycles. The van der Waals surface area contributed by atoms with Crippen molar-refractivity contribution in [1.29, 1.82) is 0 Å². The predicted molar refractivity (Wildman–Crippen MR) is 47.4 cm³/mol. The summed E-state index contributed by atoms with van der Waals surface area (Å²) in [5.74, 6) is 0.979. The minimum Gasteiger partial charge on any atom is -0.449 e. The van der Waals surface area contributed by atoms with Gasteiger partial charge in [0.05, 0.1) is 0 Å². The summed E-state index contributed by atoms with van der Waals surface area (Å²) in [5, 5.41) is 0. The van der Waals surface area contributed by atoms with E-state index in [1.165, 1.54) is 0 Å². The summed E-state index contributed by atoms with van der Waals surface area (Å²) in [6.45, 7) is 2.66. The Morgan fingerprint density at radius 1 is 1.18 bits per heavy atom. The molecule has 0 aromatic heterocycles. The van der Waals surface area contributed by atoms with Crippen molar-refractivity contribution in [2.75, 3.05) is 6.61 Å². The standard InChI is InChI=1S/C11H8O6/c1-2-3-12-9-7(10-15-11(9,16-10)17-10)5-4(13-5)6-8(9)14-6/h7H,2-3H2,1H3. The third-order valence-electron chi connectivity index (χ3n) is 4.15. The quantitative estimate of drug-likeness (QED) is 0.717. The SMILES string of the molecule is CCCOC12C3=C(O3)C3=C(O3)C1C13OC2(O1)O3. The average Bonchev–Trinajstić information content (AvgIpc) is 3.07. The molecule has 6 saturated heterocycles. The van der Waals surface area contributed by atoms with E-state index in [-0.39, 0.29) is 5.92 Å². The van der Waals surface area contributed by atoms with E-state index in [9.17, 15) is 0 Å². The lowest BCUT2D eigenvalue weighted by molar-refractivity contribution is -0.768. The maximum absolute atomic E-state index is 6.02. The minimum absolute atomic E-state index is 0.169. The molecule has 9 aliphatic rings. The van der Waals surface area contributed by atoms with Crippen LogP contribution in [0.1, 0.15) is 13.3 Å². The van der Waals surface area contributed by atoms with Crippen LogP contribution in [0.25, 0.3) is 0 Å². The summed E-state index contributed by atoms with van der Waals surface area (Å²) >= 11 is 0. The molecule has 2 atom stereocenters. The van der Waals surface area contributed by atoms with Gasteiger partial charge in [0.15, 0.2) is 11.5 Å². The molecule has 17 heavy (non-hydrogen) atoms. The van der Waals surface area contributed by atoms with Crippen molar-refractivity contribution < 1.29 is 28.4 Å². The van der Waals surface area contributed by atoms with E-state index in [2.05, 4.69) is 6.92 Å². The van der Waals surface area contributed by atoms with Gasteiger partial charge in [-0.05, 0) is 6.42 Å². The van der Waals surface area contributed by atoms with Gasteiger partial charge in [-0.2, -0.15) is 0 Å². The second-order valence-electron chi connectivity index (χ2n) is 5.04. The van der Waals surface area contributed by atoms with Crippen molar-refractivity contribution in [3.8, 4) is 0 Å². The van der Waals surface area contributed by atoms with Crippen LogP contribution in [0.3, 0.4) is 0 Å². The van der Waals surface area contributed by atoms with Gasteiger partial charge in [-0.15, -0.1) is 0 Å². The van der Waals surface area contributed by atoms with Crippen molar-refractivity contribution in [2.24, 2.45) is 5.92 Å². The van der Waals surface area contributed by atoms with Gasteiger partial charge >= 0.3 is 11.9 Å². The molecule has 0 aromatic rings. The fraction of sp³-hybridized carbons (Fsp3) is 0.636. The Morgan fingerprint density at radius 2 is 2.00 bits per heavy atom. The van der Waals surface area contributed by atoms with Gasteiger partial charge < -0.3 is 14.2 Å². The summed E-state index contributed by atoms with van der Waals surface area (Å²) in [4.78, 5) is 0. The van der Waals surface area contributed by atoms with Gasteiger partial charge in [0.25, 0.3) is 0 Å². The summed E-state index contributed by atoms with van der Waals surface area (Å²) in [5.41, 5.74) is -0.770. The Hall–Kier alpha value is -1.08. The van der Waals surface area contributed by atoms with E-state index < -0.39 is 17.5 Å². The number of hydrogen-bond donors (Lipinski definition) is 0. The monoisotopic (exact) mass is 236 g/mol. The van der Waals surface area contributed by atoms with Gasteiger partial charge in [-0.25, -0.2) is 0 Å². The van der Waals surface area contributed by atoms with Crippen LogP contribution in [0.15, 0.2) is 23.0 Å². The summed E-state index contributed by atoms with van der Waals surface area (Å²) in [6.07, 6.45) is 0.910. The van der Waals surface area contributed by atoms with Crippen molar-refractivity contribution in [3.63, 3.8) is 0 Å². The number of rotatable bonds is 3. The molecule has 6 fully saturated rings. The third-order valence-corrected chi connectivity index (χ3v) is 4.15. The number of ether oxygens (including phenoxy) is 6. The summed E-state index contributed by atoms with van der Waals surface area (Å²) in [6, 6.07) is 0. The smallest absolute Gasteiger partial charge is 0.335 e. The molecule has 0 spiro atoms. The summed E-state index contributed by atoms with van der Waals surface area (Å²) in [7, 11) is 0. The fourth-order valence-corrected chi connectivity index (χ4v) is 3.43. The Morgan fingerprint density at radius 3 is 2.76 bits per heavy atom. The molecule has 0 aromatic carbocycles. The average molecular weight is 236 g/mol. The first-order chi connectivity index (χ1) is 8.26. The van der Waals surface area contributed by atoms with E-state index in [4.69, 9.17) is 28.4 Å². The lowest BCUT2D eigenvalue weighted by atomic mass is 9.86. The normalized spacial score (nSPS) is 57.1. The highest BCUT2D eigenvalue weighted by Gasteiger charge is 3.04. The van der Waals surface area contributed by atoms with Crippen molar-refractivity contribution in [3.05, 3.63) is 23.0 Å². The fourth-order valence-electron chi connectivity index (χ4n) is 3.43. The molecule has 6 nitrogen and oxygen atoms in total. The van der Waals surface area contributed by atoms with Gasteiger partial charge in [0.1, 0.15) is 5.92 Å². The number of hydrogen-bond acceptors (Lipinski definition) is 6. The van der Waals surface area contributed by atoms with E-state index in [1.54, 1.807) is 0 Å². The Kier molecular flexibility index (Phi) is 0.864. The van der Waals surface area contributed by atoms with E-state index in [0.717, 1.165) is 29.5 Å². The first-order valence-electron chi connectivity index (χ1n) is 5.86. The van der Waals surface area contributed by atoms with Crippen LogP contribution in [-0.2, 0) is 28.4 Å². The minimum atomic E-state index is -1.09. The van der Waals surface area contributed by atoms with Crippen molar-refractivity contribution >= 4 is 0 Å². The first-order valence-corrected chi connectivity index (χ1v) is 5.86. The predicted octanol–water partition coefficient (Wildman–Crippen LogP) is 0.663. The zero-order chi connectivity index (χ0) is 11.0. The van der Waals surface area contributed by atoms with Crippen LogP contribution in [0.5, 0.6) is 0 Å². The number of fused-ring (bicyclic) bond motifs is 1. The van der Waals surface area contributed by atoms with E-state index >= 15 is 0 Å². The van der Waals surface area contributed by atoms with Crippen LogP contribution in [0.2, 0.25) is 0 Å². The molecule has 0 amide bonds. The highest BCUT2D eigenvalue weighted by Crippen LogP contribution is 2.83. The maximum Gasteiger partial charge on any atom is 0.335 e. The zero-order valence-electron chi connectivity index (χ0n) is 8.94. The first kappa shape index (κ1) is 8.10. The molecule has 0 radical (unpaired) electrons. The molecule has 2 bridgehead atoms. The second-order valence-corrected chi connectivity index (χ2v) is 5.04. The van der Waals surface area contributed by atoms with Gasteiger partial charge in [-0.3, -0.25) is 14.2 Å². The molecule has 9 rings (SSSR count). The molecule has 2 unspecified atom stereocenters. The van der Waals surface area contributed by atoms with E-state index in [1.807, 2.05) is 0 Å². The van der Waals surface area contributed by atoms with Crippen molar-refractivity contribution in [2.45, 2.75) is 30.9 Å². The Bertz CT molecular complexity index is 555. The molecule has 0 saturated carbocycles. The Balaban J connectivity index is 1.58. The third kappa shape index (κ3) is 0.524. The highest BCUT2D eigenvalue weighted by atomic mass is 17.2. The van der Waals surface area contributed by atoms with E-state index in [0.29, 0.717) is 6.61 Å². The molecule has 1 aliphatic carbocycles. The van der Waals surface area contributed by atoms with Crippen LogP contribution >= 0.6 is 0 Å². The topological polar surface area (TPSA) is 62.0 Å². The molecule has 88 valence electrons. The van der Waals surface area contributed by atoms with Gasteiger partial charge in [-0.1, -0.05) is 6.92 Å². The van der Waals surface area contributed by atoms with Crippen LogP contribution in [0.4, 0.5) is 0 Å². The molecule has 8 aliphatic heterocycles. The molecule has 0 N–H and O–H groups in total. The van der Waals surface area contributed by atoms with Crippen LogP contribution in [0, 0.1) is 5.92 Å². The van der Waals surface area contributed by atoms with Gasteiger partial charge in [0, 0.05) is 6.61 Å². The van der Waals surface area contributed by atoms with Gasteiger partial charge in [0.2, 0.25) is 17.1 Å². The Labute approximate surface area is 95.7 Å². The maximum atomic E-state index is 6.02. The van der Waals surface area contributed by atoms with Crippen LogP contribution in [-0.4, -0.2) is 24.2 Å². The highest BCUT2D eigenvalue weighted by molar-refractivity contribution is 5.59.